The second-order valence-corrected chi connectivity index (χ2v) is 3.99. The van der Waals surface area contributed by atoms with Crippen LogP contribution in [0.25, 0.3) is 22.4 Å². The van der Waals surface area contributed by atoms with Gasteiger partial charge in [-0.25, -0.2) is 0 Å². The van der Waals surface area contributed by atoms with Gasteiger partial charge in [0, 0.05) is 11.1 Å². The first kappa shape index (κ1) is 10.6. The third kappa shape index (κ3) is 1.86. The van der Waals surface area contributed by atoms with Crippen LogP contribution in [0.1, 0.15) is 0 Å². The van der Waals surface area contributed by atoms with E-state index in [0.717, 1.165) is 22.4 Å². The average molecular weight is 237 g/mol. The zero-order valence-electron chi connectivity index (χ0n) is 9.58. The zero-order valence-corrected chi connectivity index (χ0v) is 9.58. The summed E-state index contributed by atoms with van der Waals surface area (Å²) in [7, 11) is 0. The fourth-order valence-corrected chi connectivity index (χ4v) is 1.89. The minimum Gasteiger partial charge on any atom is -0.508 e. The largest absolute Gasteiger partial charge is 0.508 e. The van der Waals surface area contributed by atoms with Crippen LogP contribution in [0, 0.1) is 0 Å². The monoisotopic (exact) mass is 237 g/mol. The number of nitrogens with zero attached hydrogens (tertiary/aromatic N) is 1. The minimum absolute atomic E-state index is 0.239. The lowest BCUT2D eigenvalue weighted by molar-refractivity contribution is 0.422. The van der Waals surface area contributed by atoms with Crippen molar-refractivity contribution in [2.45, 2.75) is 0 Å². The summed E-state index contributed by atoms with van der Waals surface area (Å²) in [5.74, 6) is 0.239. The molecule has 1 aromatic heterocycles. The third-order valence-electron chi connectivity index (χ3n) is 2.80. The minimum atomic E-state index is 0.239. The molecule has 0 aliphatic rings. The summed E-state index contributed by atoms with van der Waals surface area (Å²) in [6.45, 7) is 0. The molecule has 18 heavy (non-hydrogen) atoms. The van der Waals surface area contributed by atoms with Crippen molar-refractivity contribution in [2.24, 2.45) is 0 Å². The number of phenols is 1. The van der Waals surface area contributed by atoms with Gasteiger partial charge >= 0.3 is 0 Å². The van der Waals surface area contributed by atoms with Crippen molar-refractivity contribution >= 4 is 0 Å². The number of hydrogen-bond donors (Lipinski definition) is 1. The molecule has 88 valence electrons. The Labute approximate surface area is 104 Å². The van der Waals surface area contributed by atoms with Gasteiger partial charge in [0.25, 0.3) is 0 Å². The van der Waals surface area contributed by atoms with Gasteiger partial charge in [-0.05, 0) is 29.8 Å². The third-order valence-corrected chi connectivity index (χ3v) is 2.80. The normalized spacial score (nSPS) is 10.4. The van der Waals surface area contributed by atoms with Gasteiger partial charge in [0.1, 0.15) is 17.7 Å². The number of rotatable bonds is 2. The molecule has 0 saturated carbocycles. The predicted molar refractivity (Wildman–Crippen MR) is 69.0 cm³/mol. The van der Waals surface area contributed by atoms with E-state index in [1.54, 1.807) is 18.4 Å². The summed E-state index contributed by atoms with van der Waals surface area (Å²) in [6.07, 6.45) is 1.64. The standard InChI is InChI=1S/C15H11NO2/c17-13-8-6-12(7-9-13)15-14(10-18-16-15)11-4-2-1-3-5-11/h1-10,17H. The molecule has 3 nitrogen and oxygen atoms in total. The molecule has 3 heteroatoms. The molecule has 0 saturated heterocycles. The van der Waals surface area contributed by atoms with E-state index < -0.39 is 0 Å². The second kappa shape index (κ2) is 4.37. The molecular weight excluding hydrogens is 226 g/mol. The van der Waals surface area contributed by atoms with E-state index in [9.17, 15) is 5.11 Å². The summed E-state index contributed by atoms with van der Waals surface area (Å²) in [6, 6.07) is 16.9. The molecule has 3 aromatic rings. The molecule has 0 aliphatic carbocycles. The lowest BCUT2D eigenvalue weighted by Crippen LogP contribution is -1.81. The lowest BCUT2D eigenvalue weighted by atomic mass is 10.0. The average Bonchev–Trinajstić information content (AvgIpc) is 2.90. The van der Waals surface area contributed by atoms with E-state index in [1.165, 1.54) is 0 Å². The SMILES string of the molecule is Oc1ccc(-c2nocc2-c2ccccc2)cc1. The van der Waals surface area contributed by atoms with Crippen molar-refractivity contribution < 1.29 is 9.63 Å². The summed E-state index contributed by atoms with van der Waals surface area (Å²) >= 11 is 0. The fraction of sp³-hybridized carbons (Fsp3) is 0. The molecule has 3 rings (SSSR count). The maximum atomic E-state index is 9.30. The Bertz CT molecular complexity index is 642. The van der Waals surface area contributed by atoms with Crippen molar-refractivity contribution in [3.63, 3.8) is 0 Å². The Morgan fingerprint density at radius 1 is 0.833 bits per heavy atom. The van der Waals surface area contributed by atoms with Crippen molar-refractivity contribution in [2.75, 3.05) is 0 Å². The molecule has 0 atom stereocenters. The van der Waals surface area contributed by atoms with Crippen molar-refractivity contribution in [1.82, 2.24) is 5.16 Å². The molecule has 0 unspecified atom stereocenters. The first-order chi connectivity index (χ1) is 8.84. The van der Waals surface area contributed by atoms with Gasteiger partial charge in [-0.2, -0.15) is 0 Å². The lowest BCUT2D eigenvalue weighted by Gasteiger charge is -2.01. The van der Waals surface area contributed by atoms with Crippen LogP contribution < -0.4 is 0 Å². The first-order valence-electron chi connectivity index (χ1n) is 5.64. The van der Waals surface area contributed by atoms with Crippen LogP contribution in [0.15, 0.2) is 65.4 Å². The predicted octanol–water partition coefficient (Wildman–Crippen LogP) is 3.71. The molecule has 0 fully saturated rings. The van der Waals surface area contributed by atoms with Crippen LogP contribution in [0.3, 0.4) is 0 Å². The van der Waals surface area contributed by atoms with E-state index in [-0.39, 0.29) is 5.75 Å². The molecule has 1 heterocycles. The molecule has 0 bridgehead atoms. The van der Waals surface area contributed by atoms with Gasteiger partial charge in [0.05, 0.1) is 0 Å². The van der Waals surface area contributed by atoms with Crippen LogP contribution in [0.5, 0.6) is 5.75 Å². The molecule has 0 radical (unpaired) electrons. The van der Waals surface area contributed by atoms with Crippen molar-refractivity contribution in [1.29, 1.82) is 0 Å². The topological polar surface area (TPSA) is 46.3 Å². The highest BCUT2D eigenvalue weighted by molar-refractivity contribution is 5.79. The van der Waals surface area contributed by atoms with Crippen LogP contribution in [-0.4, -0.2) is 10.3 Å². The Kier molecular flexibility index (Phi) is 2.57. The highest BCUT2D eigenvalue weighted by Gasteiger charge is 2.11. The van der Waals surface area contributed by atoms with Gasteiger partial charge in [0.2, 0.25) is 0 Å². The first-order valence-corrected chi connectivity index (χ1v) is 5.64. The molecular formula is C15H11NO2. The van der Waals surface area contributed by atoms with E-state index in [4.69, 9.17) is 4.52 Å². The van der Waals surface area contributed by atoms with Crippen LogP contribution in [0.2, 0.25) is 0 Å². The Balaban J connectivity index is 2.10. The summed E-state index contributed by atoms with van der Waals surface area (Å²) in [5, 5.41) is 13.3. The van der Waals surface area contributed by atoms with Crippen LogP contribution in [-0.2, 0) is 0 Å². The number of aromatic nitrogens is 1. The van der Waals surface area contributed by atoms with Gasteiger partial charge in [0.15, 0.2) is 0 Å². The fourth-order valence-electron chi connectivity index (χ4n) is 1.89. The summed E-state index contributed by atoms with van der Waals surface area (Å²) in [4.78, 5) is 0. The molecule has 1 N–H and O–H groups in total. The van der Waals surface area contributed by atoms with E-state index in [1.807, 2.05) is 42.5 Å². The van der Waals surface area contributed by atoms with Crippen molar-refractivity contribution in [3.8, 4) is 28.1 Å². The number of phenolic OH excluding ortho intramolecular Hbond substituents is 1. The van der Waals surface area contributed by atoms with Crippen LogP contribution in [0.4, 0.5) is 0 Å². The van der Waals surface area contributed by atoms with E-state index in [0.29, 0.717) is 0 Å². The van der Waals surface area contributed by atoms with Gasteiger partial charge in [-0.3, -0.25) is 0 Å². The number of hydrogen-bond acceptors (Lipinski definition) is 3. The quantitative estimate of drug-likeness (QED) is 0.739. The summed E-state index contributed by atoms with van der Waals surface area (Å²) in [5.41, 5.74) is 3.70. The molecule has 0 aliphatic heterocycles. The van der Waals surface area contributed by atoms with Gasteiger partial charge < -0.3 is 9.63 Å². The highest BCUT2D eigenvalue weighted by atomic mass is 16.5. The maximum Gasteiger partial charge on any atom is 0.132 e. The summed E-state index contributed by atoms with van der Waals surface area (Å²) < 4.78 is 5.07. The van der Waals surface area contributed by atoms with Crippen molar-refractivity contribution in [3.05, 3.63) is 60.9 Å². The number of aromatic hydroxyl groups is 1. The Morgan fingerprint density at radius 3 is 2.28 bits per heavy atom. The Hall–Kier alpha value is -2.55. The number of benzene rings is 2. The van der Waals surface area contributed by atoms with E-state index in [2.05, 4.69) is 5.16 Å². The Morgan fingerprint density at radius 2 is 1.56 bits per heavy atom. The van der Waals surface area contributed by atoms with Gasteiger partial charge in [-0.15, -0.1) is 0 Å². The molecule has 2 aromatic carbocycles. The second-order valence-electron chi connectivity index (χ2n) is 3.99. The molecule has 0 spiro atoms. The van der Waals surface area contributed by atoms with E-state index >= 15 is 0 Å². The molecule has 0 amide bonds. The smallest absolute Gasteiger partial charge is 0.132 e. The highest BCUT2D eigenvalue weighted by Crippen LogP contribution is 2.31. The maximum absolute atomic E-state index is 9.30. The van der Waals surface area contributed by atoms with Gasteiger partial charge in [-0.1, -0.05) is 35.5 Å². The zero-order chi connectivity index (χ0) is 12.4. The van der Waals surface area contributed by atoms with Crippen LogP contribution >= 0.6 is 0 Å².